The third-order valence-electron chi connectivity index (χ3n) is 4.25. The maximum Gasteiger partial charge on any atom is 0.226 e. The number of rotatable bonds is 7. The molecule has 0 saturated carbocycles. The van der Waals surface area contributed by atoms with E-state index >= 15 is 0 Å². The number of aromatic nitrogens is 1. The molecule has 2 aromatic carbocycles. The van der Waals surface area contributed by atoms with Crippen LogP contribution in [-0.2, 0) is 19.7 Å². The van der Waals surface area contributed by atoms with Crippen molar-refractivity contribution in [3.05, 3.63) is 65.2 Å². The first kappa shape index (κ1) is 21.8. The molecule has 0 spiro atoms. The van der Waals surface area contributed by atoms with Gasteiger partial charge in [-0.1, -0.05) is 60.2 Å². The second kappa shape index (κ2) is 8.43. The van der Waals surface area contributed by atoms with Crippen molar-refractivity contribution in [3.8, 4) is 0 Å². The molecular weight excluding hydrogens is 452 g/mol. The van der Waals surface area contributed by atoms with Gasteiger partial charge in [0.1, 0.15) is 5.00 Å². The Balaban J connectivity index is 2.11. The van der Waals surface area contributed by atoms with Crippen molar-refractivity contribution in [2.24, 2.45) is 0 Å². The Labute approximate surface area is 179 Å². The van der Waals surface area contributed by atoms with Crippen molar-refractivity contribution < 1.29 is 16.8 Å². The number of halogens is 1. The number of benzene rings is 2. The van der Waals surface area contributed by atoms with Crippen LogP contribution in [-0.4, -0.2) is 27.6 Å². The van der Waals surface area contributed by atoms with Crippen LogP contribution in [0.3, 0.4) is 0 Å². The molecule has 1 N–H and O–H groups in total. The first-order valence-electron chi connectivity index (χ1n) is 8.71. The summed E-state index contributed by atoms with van der Waals surface area (Å²) < 4.78 is 50.8. The van der Waals surface area contributed by atoms with E-state index in [1.54, 1.807) is 0 Å². The number of sulfone groups is 2. The van der Waals surface area contributed by atoms with Crippen molar-refractivity contribution >= 4 is 47.6 Å². The lowest BCUT2D eigenvalue weighted by Crippen LogP contribution is -2.10. The molecule has 3 aromatic rings. The van der Waals surface area contributed by atoms with Gasteiger partial charge in [-0.2, -0.15) is 0 Å². The Morgan fingerprint density at radius 3 is 2.24 bits per heavy atom. The van der Waals surface area contributed by atoms with Gasteiger partial charge < -0.3 is 5.32 Å². The summed E-state index contributed by atoms with van der Waals surface area (Å²) in [5, 5.41) is 3.39. The molecule has 10 heteroatoms. The highest BCUT2D eigenvalue weighted by atomic mass is 35.5. The minimum atomic E-state index is -4.05. The van der Waals surface area contributed by atoms with Gasteiger partial charge in [-0.05, 0) is 36.8 Å². The summed E-state index contributed by atoms with van der Waals surface area (Å²) in [6.07, 6.45) is 0. The maximum atomic E-state index is 13.2. The van der Waals surface area contributed by atoms with Crippen LogP contribution in [0.1, 0.15) is 25.5 Å². The molecule has 0 saturated heterocycles. The molecule has 6 nitrogen and oxygen atoms in total. The van der Waals surface area contributed by atoms with Crippen molar-refractivity contribution in [2.75, 3.05) is 11.1 Å². The van der Waals surface area contributed by atoms with E-state index in [1.807, 2.05) is 37.3 Å². The van der Waals surface area contributed by atoms with Crippen molar-refractivity contribution in [3.63, 3.8) is 0 Å². The molecule has 0 fully saturated rings. The number of anilines is 1. The van der Waals surface area contributed by atoms with Crippen molar-refractivity contribution in [2.45, 2.75) is 34.2 Å². The normalized spacial score (nSPS) is 13.2. The van der Waals surface area contributed by atoms with Gasteiger partial charge in [0.05, 0.1) is 10.6 Å². The Morgan fingerprint density at radius 2 is 1.66 bits per heavy atom. The minimum Gasteiger partial charge on any atom is -0.368 e. The maximum absolute atomic E-state index is 13.2. The lowest BCUT2D eigenvalue weighted by Gasteiger charge is -2.15. The molecule has 1 aromatic heterocycles. The predicted molar refractivity (Wildman–Crippen MR) is 115 cm³/mol. The number of nitrogens with one attached hydrogen (secondary N) is 1. The molecule has 1 atom stereocenters. The molecule has 29 heavy (non-hydrogen) atoms. The molecule has 0 amide bonds. The molecule has 1 heterocycles. The van der Waals surface area contributed by atoms with Gasteiger partial charge in [-0.25, -0.2) is 21.8 Å². The van der Waals surface area contributed by atoms with E-state index in [2.05, 4.69) is 10.3 Å². The Bertz CT molecular complexity index is 1210. The average molecular weight is 471 g/mol. The van der Waals surface area contributed by atoms with Gasteiger partial charge in [0.15, 0.2) is 5.03 Å². The standard InChI is InChI=1S/C19H19ClN2O4S3/c1-3-28(23,24)19-22-18(29(25,26)16-11-9-15(20)10-12-16)17(27-19)21-13(2)14-7-5-4-6-8-14/h4-13,21H,3H2,1-2H3/t13-/m1/s1. The molecule has 0 aliphatic carbocycles. The summed E-state index contributed by atoms with van der Waals surface area (Å²) in [4.78, 5) is 4.01. The Kier molecular flexibility index (Phi) is 6.33. The highest BCUT2D eigenvalue weighted by Crippen LogP contribution is 2.37. The van der Waals surface area contributed by atoms with Crippen LogP contribution in [0.2, 0.25) is 5.02 Å². The monoisotopic (exact) mass is 470 g/mol. The fourth-order valence-electron chi connectivity index (χ4n) is 2.56. The third-order valence-corrected chi connectivity index (χ3v) is 9.50. The lowest BCUT2D eigenvalue weighted by atomic mass is 10.1. The molecule has 154 valence electrons. The zero-order valence-electron chi connectivity index (χ0n) is 15.7. The summed E-state index contributed by atoms with van der Waals surface area (Å²) in [5.74, 6) is -0.172. The van der Waals surface area contributed by atoms with E-state index < -0.39 is 19.7 Å². The van der Waals surface area contributed by atoms with Crippen LogP contribution >= 0.6 is 22.9 Å². The van der Waals surface area contributed by atoms with E-state index in [9.17, 15) is 16.8 Å². The smallest absolute Gasteiger partial charge is 0.226 e. The van der Waals surface area contributed by atoms with Gasteiger partial charge in [0.25, 0.3) is 0 Å². The van der Waals surface area contributed by atoms with E-state index in [0.29, 0.717) is 5.02 Å². The quantitative estimate of drug-likeness (QED) is 0.542. The first-order chi connectivity index (χ1) is 13.6. The first-order valence-corrected chi connectivity index (χ1v) is 13.0. The number of nitrogens with zero attached hydrogens (tertiary/aromatic N) is 1. The summed E-state index contributed by atoms with van der Waals surface area (Å²) in [7, 11) is -7.72. The van der Waals surface area contributed by atoms with Gasteiger partial charge in [0.2, 0.25) is 24.0 Å². The van der Waals surface area contributed by atoms with Crippen LogP contribution in [0.5, 0.6) is 0 Å². The predicted octanol–water partition coefficient (Wildman–Crippen LogP) is 4.60. The molecule has 0 aliphatic rings. The van der Waals surface area contributed by atoms with Gasteiger partial charge >= 0.3 is 0 Å². The summed E-state index contributed by atoms with van der Waals surface area (Å²) >= 11 is 6.68. The van der Waals surface area contributed by atoms with Crippen LogP contribution in [0, 0.1) is 0 Å². The average Bonchev–Trinajstić information content (AvgIpc) is 3.14. The molecular formula is C19H19ClN2O4S3. The van der Waals surface area contributed by atoms with Crippen molar-refractivity contribution in [1.82, 2.24) is 4.98 Å². The lowest BCUT2D eigenvalue weighted by molar-refractivity contribution is 0.590. The number of hydrogen-bond donors (Lipinski definition) is 1. The molecule has 0 radical (unpaired) electrons. The van der Waals surface area contributed by atoms with E-state index in [0.717, 1.165) is 16.9 Å². The molecule has 0 unspecified atom stereocenters. The fourth-order valence-corrected chi connectivity index (χ4v) is 6.76. The van der Waals surface area contributed by atoms with Crippen LogP contribution in [0.15, 0.2) is 68.9 Å². The fraction of sp³-hybridized carbons (Fsp3) is 0.211. The van der Waals surface area contributed by atoms with Crippen LogP contribution in [0.25, 0.3) is 0 Å². The van der Waals surface area contributed by atoms with Gasteiger partial charge in [0, 0.05) is 11.1 Å². The number of hydrogen-bond acceptors (Lipinski definition) is 7. The highest BCUT2D eigenvalue weighted by molar-refractivity contribution is 7.94. The molecule has 0 aliphatic heterocycles. The molecule has 0 bridgehead atoms. The Hall–Kier alpha value is -1.94. The zero-order chi connectivity index (χ0) is 21.2. The number of thiazole rings is 1. The summed E-state index contributed by atoms with van der Waals surface area (Å²) in [6.45, 7) is 3.35. The summed E-state index contributed by atoms with van der Waals surface area (Å²) in [5.41, 5.74) is 0.927. The summed E-state index contributed by atoms with van der Waals surface area (Å²) in [6, 6.07) is 14.8. The molecule has 3 rings (SSSR count). The van der Waals surface area contributed by atoms with Crippen LogP contribution in [0.4, 0.5) is 5.00 Å². The highest BCUT2D eigenvalue weighted by Gasteiger charge is 2.30. The topological polar surface area (TPSA) is 93.2 Å². The van der Waals surface area contributed by atoms with E-state index in [-0.39, 0.29) is 31.1 Å². The second-order valence-corrected chi connectivity index (χ2v) is 12.0. The van der Waals surface area contributed by atoms with E-state index in [1.165, 1.54) is 31.2 Å². The Morgan fingerprint density at radius 1 is 1.03 bits per heavy atom. The van der Waals surface area contributed by atoms with Gasteiger partial charge in [-0.15, -0.1) is 0 Å². The minimum absolute atomic E-state index is 0.0111. The van der Waals surface area contributed by atoms with E-state index in [4.69, 9.17) is 11.6 Å². The van der Waals surface area contributed by atoms with Crippen molar-refractivity contribution in [1.29, 1.82) is 0 Å². The second-order valence-electron chi connectivity index (χ2n) is 6.25. The third kappa shape index (κ3) is 4.63. The van der Waals surface area contributed by atoms with Gasteiger partial charge in [-0.3, -0.25) is 0 Å². The van der Waals surface area contributed by atoms with Crippen LogP contribution < -0.4 is 5.32 Å². The zero-order valence-corrected chi connectivity index (χ0v) is 18.9. The SMILES string of the molecule is CCS(=O)(=O)c1nc(S(=O)(=O)c2ccc(Cl)cc2)c(N[C@H](C)c2ccccc2)s1. The largest absolute Gasteiger partial charge is 0.368 e.